The largest absolute Gasteiger partial charge is 0.394 e. The number of nitrogens with one attached hydrogen (secondary N) is 1. The highest BCUT2D eigenvalue weighted by molar-refractivity contribution is 5.82. The molecular formula is C15H26N2O3. The lowest BCUT2D eigenvalue weighted by molar-refractivity contribution is -0.134. The van der Waals surface area contributed by atoms with E-state index in [0.29, 0.717) is 18.9 Å². The normalized spacial score (nSPS) is 29.7. The van der Waals surface area contributed by atoms with Crippen molar-refractivity contribution in [2.24, 2.45) is 11.8 Å². The van der Waals surface area contributed by atoms with Crippen molar-refractivity contribution in [3.63, 3.8) is 0 Å². The molecule has 1 saturated heterocycles. The van der Waals surface area contributed by atoms with Gasteiger partial charge in [0, 0.05) is 25.4 Å². The van der Waals surface area contributed by atoms with Crippen molar-refractivity contribution in [3.05, 3.63) is 0 Å². The molecule has 3 unspecified atom stereocenters. The van der Waals surface area contributed by atoms with Crippen molar-refractivity contribution in [1.29, 1.82) is 0 Å². The zero-order valence-corrected chi connectivity index (χ0v) is 12.3. The molecular weight excluding hydrogens is 256 g/mol. The molecule has 5 heteroatoms. The fourth-order valence-corrected chi connectivity index (χ4v) is 2.95. The molecule has 2 aliphatic rings. The molecule has 5 nitrogen and oxygen atoms in total. The standard InChI is InChI=1S/C15H26N2O3/c1-11-9-13(11)15(20)16-7-6-14(19)17-8-4-2-3-5-12(17)10-18/h11-13,18H,2-10H2,1H3,(H,16,20). The maximum Gasteiger partial charge on any atom is 0.224 e. The third-order valence-electron chi connectivity index (χ3n) is 4.49. The number of aliphatic hydroxyl groups excluding tert-OH is 1. The number of hydrogen-bond donors (Lipinski definition) is 2. The van der Waals surface area contributed by atoms with E-state index < -0.39 is 0 Å². The van der Waals surface area contributed by atoms with E-state index in [4.69, 9.17) is 0 Å². The Morgan fingerprint density at radius 3 is 2.70 bits per heavy atom. The summed E-state index contributed by atoms with van der Waals surface area (Å²) < 4.78 is 0. The first-order valence-corrected chi connectivity index (χ1v) is 7.81. The van der Waals surface area contributed by atoms with Gasteiger partial charge in [-0.15, -0.1) is 0 Å². The quantitative estimate of drug-likeness (QED) is 0.787. The molecule has 2 N–H and O–H groups in total. The first-order valence-electron chi connectivity index (χ1n) is 7.81. The summed E-state index contributed by atoms with van der Waals surface area (Å²) in [6.07, 6.45) is 5.39. The topological polar surface area (TPSA) is 69.6 Å². The van der Waals surface area contributed by atoms with E-state index in [-0.39, 0.29) is 30.4 Å². The van der Waals surface area contributed by atoms with Gasteiger partial charge in [-0.2, -0.15) is 0 Å². The molecule has 0 aromatic heterocycles. The second-order valence-corrected chi connectivity index (χ2v) is 6.13. The van der Waals surface area contributed by atoms with Gasteiger partial charge in [0.15, 0.2) is 0 Å². The lowest BCUT2D eigenvalue weighted by Gasteiger charge is -2.28. The number of aliphatic hydroxyl groups is 1. The molecule has 1 aliphatic carbocycles. The highest BCUT2D eigenvalue weighted by Gasteiger charge is 2.38. The number of carbonyl (C=O) groups is 2. The third kappa shape index (κ3) is 3.95. The van der Waals surface area contributed by atoms with Crippen molar-refractivity contribution < 1.29 is 14.7 Å². The highest BCUT2D eigenvalue weighted by atomic mass is 16.3. The van der Waals surface area contributed by atoms with Gasteiger partial charge >= 0.3 is 0 Å². The number of hydrogen-bond acceptors (Lipinski definition) is 3. The summed E-state index contributed by atoms with van der Waals surface area (Å²) in [6, 6.07) is -0.0378. The van der Waals surface area contributed by atoms with Crippen LogP contribution in [0.3, 0.4) is 0 Å². The predicted octanol–water partition coefficient (Wildman–Crippen LogP) is 0.912. The smallest absolute Gasteiger partial charge is 0.224 e. The number of rotatable bonds is 5. The van der Waals surface area contributed by atoms with E-state index in [9.17, 15) is 14.7 Å². The molecule has 114 valence electrons. The van der Waals surface area contributed by atoms with Gasteiger partial charge in [-0.3, -0.25) is 9.59 Å². The van der Waals surface area contributed by atoms with E-state index in [1.54, 1.807) is 4.90 Å². The Morgan fingerprint density at radius 1 is 1.30 bits per heavy atom. The molecule has 3 atom stereocenters. The first kappa shape index (κ1) is 15.3. The summed E-state index contributed by atoms with van der Waals surface area (Å²) in [5.74, 6) is 0.790. The van der Waals surface area contributed by atoms with E-state index >= 15 is 0 Å². The van der Waals surface area contributed by atoms with Gasteiger partial charge in [-0.1, -0.05) is 19.8 Å². The summed E-state index contributed by atoms with van der Waals surface area (Å²) in [5.41, 5.74) is 0. The summed E-state index contributed by atoms with van der Waals surface area (Å²) >= 11 is 0. The molecule has 2 rings (SSSR count). The highest BCUT2D eigenvalue weighted by Crippen LogP contribution is 2.37. The van der Waals surface area contributed by atoms with Crippen molar-refractivity contribution in [2.75, 3.05) is 19.7 Å². The average molecular weight is 282 g/mol. The number of amides is 2. The minimum atomic E-state index is -0.0378. The van der Waals surface area contributed by atoms with Gasteiger partial charge in [-0.25, -0.2) is 0 Å². The van der Waals surface area contributed by atoms with E-state index in [2.05, 4.69) is 12.2 Å². The van der Waals surface area contributed by atoms with Crippen LogP contribution in [0.5, 0.6) is 0 Å². The molecule has 0 aromatic rings. The SMILES string of the molecule is CC1CC1C(=O)NCCC(=O)N1CCCCCC1CO. The minimum Gasteiger partial charge on any atom is -0.394 e. The summed E-state index contributed by atoms with van der Waals surface area (Å²) in [6.45, 7) is 3.25. The second-order valence-electron chi connectivity index (χ2n) is 6.13. The molecule has 0 radical (unpaired) electrons. The van der Waals surface area contributed by atoms with Crippen LogP contribution in [0, 0.1) is 11.8 Å². The molecule has 0 aromatic carbocycles. The summed E-state index contributed by atoms with van der Waals surface area (Å²) in [4.78, 5) is 25.7. The number of carbonyl (C=O) groups excluding carboxylic acids is 2. The van der Waals surface area contributed by atoms with Gasteiger partial charge in [-0.05, 0) is 25.2 Å². The van der Waals surface area contributed by atoms with Gasteiger partial charge in [0.1, 0.15) is 0 Å². The Bertz CT molecular complexity index is 359. The maximum absolute atomic E-state index is 12.2. The van der Waals surface area contributed by atoms with Gasteiger partial charge < -0.3 is 15.3 Å². The van der Waals surface area contributed by atoms with Crippen molar-refractivity contribution in [3.8, 4) is 0 Å². The van der Waals surface area contributed by atoms with Crippen LogP contribution in [0.25, 0.3) is 0 Å². The fraction of sp³-hybridized carbons (Fsp3) is 0.867. The molecule has 2 amide bonds. The lowest BCUT2D eigenvalue weighted by Crippen LogP contribution is -2.43. The molecule has 1 aliphatic heterocycles. The second kappa shape index (κ2) is 7.07. The Morgan fingerprint density at radius 2 is 2.05 bits per heavy atom. The molecule has 0 spiro atoms. The lowest BCUT2D eigenvalue weighted by atomic mass is 10.1. The fourth-order valence-electron chi connectivity index (χ4n) is 2.95. The van der Waals surface area contributed by atoms with Crippen LogP contribution in [-0.2, 0) is 9.59 Å². The summed E-state index contributed by atoms with van der Waals surface area (Å²) in [5, 5.41) is 12.2. The van der Waals surface area contributed by atoms with Crippen molar-refractivity contribution in [2.45, 2.75) is 51.5 Å². The van der Waals surface area contributed by atoms with Crippen molar-refractivity contribution >= 4 is 11.8 Å². The van der Waals surface area contributed by atoms with Crippen LogP contribution >= 0.6 is 0 Å². The zero-order valence-electron chi connectivity index (χ0n) is 12.3. The molecule has 20 heavy (non-hydrogen) atoms. The number of nitrogens with zero attached hydrogens (tertiary/aromatic N) is 1. The molecule has 1 saturated carbocycles. The van der Waals surface area contributed by atoms with Crippen LogP contribution in [0.2, 0.25) is 0 Å². The minimum absolute atomic E-state index is 0.0378. The van der Waals surface area contributed by atoms with E-state index in [1.807, 2.05) is 0 Å². The Kier molecular flexibility index (Phi) is 5.40. The molecule has 0 bridgehead atoms. The van der Waals surface area contributed by atoms with E-state index in [1.165, 1.54) is 0 Å². The molecule has 2 fully saturated rings. The van der Waals surface area contributed by atoms with Gasteiger partial charge in [0.25, 0.3) is 0 Å². The number of likely N-dealkylation sites (tertiary alicyclic amines) is 1. The maximum atomic E-state index is 12.2. The van der Waals surface area contributed by atoms with Crippen LogP contribution < -0.4 is 5.32 Å². The van der Waals surface area contributed by atoms with E-state index in [0.717, 1.165) is 38.6 Å². The monoisotopic (exact) mass is 282 g/mol. The van der Waals surface area contributed by atoms with Crippen molar-refractivity contribution in [1.82, 2.24) is 10.2 Å². The first-order chi connectivity index (χ1) is 9.63. The van der Waals surface area contributed by atoms with Gasteiger partial charge in [0.05, 0.1) is 12.6 Å². The average Bonchev–Trinajstić information content (AvgIpc) is 3.19. The Balaban J connectivity index is 1.73. The van der Waals surface area contributed by atoms with Crippen LogP contribution in [0.15, 0.2) is 0 Å². The van der Waals surface area contributed by atoms with Crippen LogP contribution in [0.4, 0.5) is 0 Å². The molecule has 1 heterocycles. The third-order valence-corrected chi connectivity index (χ3v) is 4.49. The van der Waals surface area contributed by atoms with Crippen LogP contribution in [0.1, 0.15) is 45.4 Å². The summed E-state index contributed by atoms with van der Waals surface area (Å²) in [7, 11) is 0. The van der Waals surface area contributed by atoms with Crippen LogP contribution in [-0.4, -0.2) is 47.6 Å². The van der Waals surface area contributed by atoms with Gasteiger partial charge in [0.2, 0.25) is 11.8 Å². The Hall–Kier alpha value is -1.10. The Labute approximate surface area is 120 Å². The zero-order chi connectivity index (χ0) is 14.5. The predicted molar refractivity (Wildman–Crippen MR) is 76.0 cm³/mol.